The first-order chi connectivity index (χ1) is 16.3. The van der Waals surface area contributed by atoms with Crippen molar-refractivity contribution in [3.05, 3.63) is 63.5 Å². The van der Waals surface area contributed by atoms with Crippen molar-refractivity contribution in [2.45, 2.75) is 38.1 Å². The predicted octanol–water partition coefficient (Wildman–Crippen LogP) is 3.58. The summed E-state index contributed by atoms with van der Waals surface area (Å²) in [4.78, 5) is 43.0. The molecule has 5 rings (SSSR count). The van der Waals surface area contributed by atoms with Crippen molar-refractivity contribution in [2.75, 3.05) is 0 Å². The van der Waals surface area contributed by atoms with E-state index in [0.29, 0.717) is 34.6 Å². The molecule has 1 saturated heterocycles. The van der Waals surface area contributed by atoms with Gasteiger partial charge < -0.3 is 10.4 Å². The summed E-state index contributed by atoms with van der Waals surface area (Å²) < 4.78 is 1.04. The van der Waals surface area contributed by atoms with Crippen LogP contribution in [0.2, 0.25) is 5.02 Å². The molecule has 2 aliphatic rings. The van der Waals surface area contributed by atoms with E-state index in [0.717, 1.165) is 22.4 Å². The fourth-order valence-electron chi connectivity index (χ4n) is 4.62. The third kappa shape index (κ3) is 3.52. The number of hydrazone groups is 1. The zero-order chi connectivity index (χ0) is 24.0. The summed E-state index contributed by atoms with van der Waals surface area (Å²) in [5, 5.41) is 19.9. The highest BCUT2D eigenvalue weighted by atomic mass is 35.5. The average molecular weight is 480 g/mol. The summed E-state index contributed by atoms with van der Waals surface area (Å²) in [6.45, 7) is 2.13. The van der Waals surface area contributed by atoms with E-state index >= 15 is 0 Å². The van der Waals surface area contributed by atoms with E-state index in [9.17, 15) is 19.5 Å². The van der Waals surface area contributed by atoms with Crippen LogP contribution in [0, 0.1) is 5.92 Å². The van der Waals surface area contributed by atoms with Gasteiger partial charge in [-0.2, -0.15) is 5.10 Å². The van der Waals surface area contributed by atoms with Crippen LogP contribution in [0.4, 0.5) is 4.79 Å². The monoisotopic (exact) mass is 479 g/mol. The number of hydrogen-bond donors (Lipinski definition) is 2. The van der Waals surface area contributed by atoms with E-state index in [-0.39, 0.29) is 11.4 Å². The summed E-state index contributed by atoms with van der Waals surface area (Å²) in [6.07, 6.45) is 5.40. The van der Waals surface area contributed by atoms with Crippen molar-refractivity contribution in [3.8, 4) is 11.7 Å². The lowest BCUT2D eigenvalue weighted by Gasteiger charge is -2.33. The number of urea groups is 1. The van der Waals surface area contributed by atoms with Crippen molar-refractivity contribution in [2.24, 2.45) is 11.0 Å². The van der Waals surface area contributed by atoms with Gasteiger partial charge >= 0.3 is 6.03 Å². The smallest absolute Gasteiger partial charge is 0.346 e. The Kier molecular flexibility index (Phi) is 5.36. The normalized spacial score (nSPS) is 22.8. The Labute approximate surface area is 199 Å². The fourth-order valence-corrected chi connectivity index (χ4v) is 4.73. The molecule has 2 aromatic heterocycles. The number of carbonyl (C=O) groups excluding carboxylic acids is 2. The number of halogens is 1. The van der Waals surface area contributed by atoms with Crippen molar-refractivity contribution in [1.82, 2.24) is 19.9 Å². The van der Waals surface area contributed by atoms with Gasteiger partial charge in [0.05, 0.1) is 16.8 Å². The Morgan fingerprint density at radius 2 is 1.85 bits per heavy atom. The maximum Gasteiger partial charge on any atom is 0.346 e. The Hall–Kier alpha value is -3.72. The number of nitrogens with one attached hydrogen (secondary N) is 1. The second kappa shape index (κ2) is 8.25. The third-order valence-electron chi connectivity index (χ3n) is 6.61. The number of hydrogen-bond acceptors (Lipinski definition) is 6. The molecule has 1 saturated carbocycles. The molecule has 2 N–H and O–H groups in total. The zero-order valence-corrected chi connectivity index (χ0v) is 19.1. The molecule has 174 valence electrons. The molecule has 0 radical (unpaired) electrons. The number of carbonyl (C=O) groups is 2. The first-order valence-electron chi connectivity index (χ1n) is 11.0. The van der Waals surface area contributed by atoms with Gasteiger partial charge in [0.2, 0.25) is 5.88 Å². The van der Waals surface area contributed by atoms with Crippen LogP contribution in [0.1, 0.15) is 38.2 Å². The first-order valence-corrected chi connectivity index (χ1v) is 11.4. The van der Waals surface area contributed by atoms with E-state index in [1.807, 2.05) is 0 Å². The minimum atomic E-state index is -0.933. The van der Waals surface area contributed by atoms with Gasteiger partial charge in [0.1, 0.15) is 11.4 Å². The Morgan fingerprint density at radius 3 is 2.53 bits per heavy atom. The summed E-state index contributed by atoms with van der Waals surface area (Å²) in [6, 6.07) is 9.15. The molecule has 0 bridgehead atoms. The summed E-state index contributed by atoms with van der Waals surface area (Å²) in [5.74, 6) is -0.163. The van der Waals surface area contributed by atoms with Crippen LogP contribution in [-0.2, 0) is 4.79 Å². The number of aromatic hydroxyl groups is 1. The first kappa shape index (κ1) is 22.1. The van der Waals surface area contributed by atoms with Crippen LogP contribution >= 0.6 is 11.6 Å². The second-order valence-corrected chi connectivity index (χ2v) is 9.25. The minimum Gasteiger partial charge on any atom is -0.494 e. The number of pyridine rings is 2. The van der Waals surface area contributed by atoms with E-state index < -0.39 is 28.9 Å². The highest BCUT2D eigenvalue weighted by Crippen LogP contribution is 2.36. The molecule has 2 fully saturated rings. The standard InChI is InChI=1S/C24H22ClN5O4/c1-14-8-10-24(11-9-14)22(33)30(23(34)28-24)27-13-18-16-4-2-3-5-17(16)20(31)29(21(18)32)19-7-6-15(25)12-26-19/h2-7,12-14,32H,8-11H2,1H3,(H,28,34). The summed E-state index contributed by atoms with van der Waals surface area (Å²) in [7, 11) is 0. The van der Waals surface area contributed by atoms with Crippen molar-refractivity contribution in [1.29, 1.82) is 0 Å². The molecule has 34 heavy (non-hydrogen) atoms. The van der Waals surface area contributed by atoms with Gasteiger partial charge in [-0.1, -0.05) is 36.7 Å². The summed E-state index contributed by atoms with van der Waals surface area (Å²) >= 11 is 5.92. The fraction of sp³-hybridized carbons (Fsp3) is 0.292. The van der Waals surface area contributed by atoms with Crippen LogP contribution in [-0.4, -0.2) is 43.4 Å². The molecule has 3 amide bonds. The molecule has 3 heterocycles. The number of imide groups is 1. The number of aromatic nitrogens is 2. The van der Waals surface area contributed by atoms with Crippen molar-refractivity contribution in [3.63, 3.8) is 0 Å². The molecular weight excluding hydrogens is 458 g/mol. The van der Waals surface area contributed by atoms with Crippen LogP contribution in [0.15, 0.2) is 52.5 Å². The zero-order valence-electron chi connectivity index (χ0n) is 18.4. The van der Waals surface area contributed by atoms with E-state index in [4.69, 9.17) is 11.6 Å². The number of fused-ring (bicyclic) bond motifs is 1. The third-order valence-corrected chi connectivity index (χ3v) is 6.84. The van der Waals surface area contributed by atoms with Gasteiger partial charge in [-0.3, -0.25) is 9.59 Å². The van der Waals surface area contributed by atoms with E-state index in [2.05, 4.69) is 22.3 Å². The van der Waals surface area contributed by atoms with Crippen LogP contribution < -0.4 is 10.9 Å². The number of rotatable bonds is 3. The Morgan fingerprint density at radius 1 is 1.15 bits per heavy atom. The molecule has 10 heteroatoms. The van der Waals surface area contributed by atoms with Gasteiger partial charge in [-0.05, 0) is 49.8 Å². The molecule has 1 aromatic carbocycles. The molecule has 1 aliphatic carbocycles. The van der Waals surface area contributed by atoms with Gasteiger partial charge in [-0.25, -0.2) is 14.3 Å². The quantitative estimate of drug-likeness (QED) is 0.440. The number of benzene rings is 1. The maximum absolute atomic E-state index is 13.1. The lowest BCUT2D eigenvalue weighted by Crippen LogP contribution is -2.49. The number of amides is 3. The number of nitrogens with zero attached hydrogens (tertiary/aromatic N) is 4. The lowest BCUT2D eigenvalue weighted by atomic mass is 9.77. The lowest BCUT2D eigenvalue weighted by molar-refractivity contribution is -0.132. The molecule has 1 aliphatic heterocycles. The van der Waals surface area contributed by atoms with Crippen molar-refractivity contribution < 1.29 is 14.7 Å². The maximum atomic E-state index is 13.1. The average Bonchev–Trinajstić information content (AvgIpc) is 3.06. The predicted molar refractivity (Wildman–Crippen MR) is 127 cm³/mol. The summed E-state index contributed by atoms with van der Waals surface area (Å²) in [5.41, 5.74) is -1.24. The van der Waals surface area contributed by atoms with Gasteiger partial charge in [0, 0.05) is 17.0 Å². The largest absolute Gasteiger partial charge is 0.494 e. The Bertz CT molecular complexity index is 1390. The van der Waals surface area contributed by atoms with Gasteiger partial charge in [0.15, 0.2) is 0 Å². The molecule has 0 atom stereocenters. The molecule has 9 nitrogen and oxygen atoms in total. The van der Waals surface area contributed by atoms with Crippen LogP contribution in [0.25, 0.3) is 16.6 Å². The molecule has 0 unspecified atom stereocenters. The van der Waals surface area contributed by atoms with Crippen molar-refractivity contribution >= 4 is 40.5 Å². The van der Waals surface area contributed by atoms with E-state index in [1.165, 1.54) is 18.5 Å². The highest BCUT2D eigenvalue weighted by molar-refractivity contribution is 6.30. The van der Waals surface area contributed by atoms with Crippen LogP contribution in [0.3, 0.4) is 0 Å². The SMILES string of the molecule is CC1CCC2(CC1)NC(=O)N(N=Cc1c(O)n(-c3ccc(Cl)cn3)c(=O)c3ccccc13)C2=O. The Balaban J connectivity index is 1.59. The minimum absolute atomic E-state index is 0.164. The van der Waals surface area contributed by atoms with Gasteiger partial charge in [-0.15, -0.1) is 5.01 Å². The molecule has 3 aromatic rings. The topological polar surface area (TPSA) is 117 Å². The molecule has 1 spiro atoms. The molecular formula is C24H22ClN5O4. The highest BCUT2D eigenvalue weighted by Gasteiger charge is 2.52. The van der Waals surface area contributed by atoms with E-state index in [1.54, 1.807) is 30.3 Å². The van der Waals surface area contributed by atoms with Crippen LogP contribution in [0.5, 0.6) is 5.88 Å². The van der Waals surface area contributed by atoms with Gasteiger partial charge in [0.25, 0.3) is 11.5 Å². The second-order valence-electron chi connectivity index (χ2n) is 8.81.